The molecule has 1 aromatic rings. The van der Waals surface area contributed by atoms with Crippen molar-refractivity contribution in [3.05, 3.63) is 35.9 Å². The molecule has 0 radical (unpaired) electrons. The van der Waals surface area contributed by atoms with E-state index in [0.717, 1.165) is 0 Å². The number of rotatable bonds is 5. The molecule has 3 rings (SSSR count). The van der Waals surface area contributed by atoms with Crippen LogP contribution in [0.2, 0.25) is 0 Å². The maximum Gasteiger partial charge on any atom is 0.523 e. The average Bonchev–Trinajstić information content (AvgIpc) is 2.67. The van der Waals surface area contributed by atoms with Crippen LogP contribution in [0.15, 0.2) is 30.3 Å². The molecule has 158 valence electrons. The highest BCUT2D eigenvalue weighted by Crippen LogP contribution is 2.38. The van der Waals surface area contributed by atoms with E-state index in [-0.39, 0.29) is 6.61 Å². The third-order valence-corrected chi connectivity index (χ3v) is 5.42. The second-order valence-electron chi connectivity index (χ2n) is 6.12. The van der Waals surface area contributed by atoms with Gasteiger partial charge in [0.2, 0.25) is 0 Å². The number of alkyl halides is 3. The number of hydrogen-bond donors (Lipinski definition) is 0. The van der Waals surface area contributed by atoms with Gasteiger partial charge in [0.1, 0.15) is 24.4 Å². The number of benzene rings is 1. The van der Waals surface area contributed by atoms with Crippen LogP contribution in [0.1, 0.15) is 11.9 Å². The Kier molecular flexibility index (Phi) is 6.29. The molecule has 0 aromatic heterocycles. The topological polar surface area (TPSA) is 89.5 Å². The van der Waals surface area contributed by atoms with Gasteiger partial charge in [-0.3, -0.25) is 4.18 Å². The first-order chi connectivity index (χ1) is 13.2. The van der Waals surface area contributed by atoms with Crippen molar-refractivity contribution in [1.29, 1.82) is 0 Å². The molecule has 0 spiro atoms. The van der Waals surface area contributed by atoms with Crippen LogP contribution in [-0.2, 0) is 38.0 Å². The van der Waals surface area contributed by atoms with E-state index >= 15 is 0 Å². The third kappa shape index (κ3) is 4.17. The summed E-state index contributed by atoms with van der Waals surface area (Å²) in [6.07, 6.45) is -7.23. The first-order valence-electron chi connectivity index (χ1n) is 8.20. The lowest BCUT2D eigenvalue weighted by atomic mass is 9.97. The molecule has 0 N–H and O–H groups in total. The lowest BCUT2D eigenvalue weighted by Crippen LogP contribution is -2.64. The fourth-order valence-electron chi connectivity index (χ4n) is 3.07. The van der Waals surface area contributed by atoms with Crippen LogP contribution < -0.4 is 0 Å². The van der Waals surface area contributed by atoms with Gasteiger partial charge in [0.05, 0.1) is 6.61 Å². The van der Waals surface area contributed by atoms with E-state index in [1.807, 2.05) is 0 Å². The van der Waals surface area contributed by atoms with Crippen molar-refractivity contribution >= 4 is 10.1 Å². The maximum atomic E-state index is 12.9. The fraction of sp³-hybridized carbons (Fsp3) is 0.625. The predicted octanol–water partition coefficient (Wildman–Crippen LogP) is 1.72. The van der Waals surface area contributed by atoms with Gasteiger partial charge >= 0.3 is 15.6 Å². The minimum atomic E-state index is -5.92. The van der Waals surface area contributed by atoms with Crippen molar-refractivity contribution in [2.24, 2.45) is 0 Å². The van der Waals surface area contributed by atoms with E-state index in [1.54, 1.807) is 30.3 Å². The number of fused-ring (bicyclic) bond motifs is 1. The molecule has 0 saturated carbocycles. The Morgan fingerprint density at radius 1 is 1.04 bits per heavy atom. The van der Waals surface area contributed by atoms with Crippen molar-refractivity contribution in [3.63, 3.8) is 0 Å². The van der Waals surface area contributed by atoms with Gasteiger partial charge in [-0.05, 0) is 0 Å². The molecule has 2 fully saturated rings. The summed E-state index contributed by atoms with van der Waals surface area (Å²) < 4.78 is 93.5. The number of ether oxygens (including phenoxy) is 5. The molecule has 2 aliphatic heterocycles. The minimum absolute atomic E-state index is 0.0769. The SMILES string of the molecule is CO[C@@H]1O[C@@H]2CO[C@H](c3ccccc3)O[C@@H]2[C@H](OS(=O)(=O)C(F)(F)F)[C@H]1OC. The van der Waals surface area contributed by atoms with Crippen LogP contribution in [0.5, 0.6) is 0 Å². The van der Waals surface area contributed by atoms with Crippen molar-refractivity contribution < 1.29 is 49.5 Å². The van der Waals surface area contributed by atoms with E-state index in [4.69, 9.17) is 23.7 Å². The fourth-order valence-corrected chi connectivity index (χ4v) is 3.69. The highest BCUT2D eigenvalue weighted by atomic mass is 32.2. The Labute approximate surface area is 159 Å². The largest absolute Gasteiger partial charge is 0.523 e. The molecule has 2 saturated heterocycles. The van der Waals surface area contributed by atoms with Gasteiger partial charge in [-0.2, -0.15) is 21.6 Å². The van der Waals surface area contributed by atoms with Gasteiger partial charge < -0.3 is 23.7 Å². The van der Waals surface area contributed by atoms with E-state index < -0.39 is 52.6 Å². The van der Waals surface area contributed by atoms with Gasteiger partial charge in [-0.15, -0.1) is 0 Å². The van der Waals surface area contributed by atoms with Gasteiger partial charge in [-0.1, -0.05) is 30.3 Å². The highest BCUT2D eigenvalue weighted by molar-refractivity contribution is 7.87. The van der Waals surface area contributed by atoms with Crippen LogP contribution in [0.4, 0.5) is 13.2 Å². The summed E-state index contributed by atoms with van der Waals surface area (Å²) in [5.74, 6) is 0. The first-order valence-corrected chi connectivity index (χ1v) is 9.61. The van der Waals surface area contributed by atoms with Crippen molar-refractivity contribution in [2.45, 2.75) is 42.5 Å². The second kappa shape index (κ2) is 8.22. The average molecular weight is 428 g/mol. The molecule has 1 aromatic carbocycles. The predicted molar refractivity (Wildman–Crippen MR) is 86.3 cm³/mol. The van der Waals surface area contributed by atoms with Crippen molar-refractivity contribution in [1.82, 2.24) is 0 Å². The lowest BCUT2D eigenvalue weighted by molar-refractivity contribution is -0.357. The Morgan fingerprint density at radius 3 is 2.29 bits per heavy atom. The highest BCUT2D eigenvalue weighted by Gasteiger charge is 2.57. The summed E-state index contributed by atoms with van der Waals surface area (Å²) >= 11 is 0. The van der Waals surface area contributed by atoms with Crippen LogP contribution in [0.25, 0.3) is 0 Å². The minimum Gasteiger partial charge on any atom is -0.373 e. The van der Waals surface area contributed by atoms with Crippen molar-refractivity contribution in [2.75, 3.05) is 20.8 Å². The smallest absolute Gasteiger partial charge is 0.373 e. The third-order valence-electron chi connectivity index (χ3n) is 4.38. The Bertz CT molecular complexity index is 757. The summed E-state index contributed by atoms with van der Waals surface area (Å²) in [6, 6.07) is 8.62. The number of halogens is 3. The van der Waals surface area contributed by atoms with Gasteiger partial charge in [0.25, 0.3) is 0 Å². The molecule has 28 heavy (non-hydrogen) atoms. The van der Waals surface area contributed by atoms with Crippen LogP contribution >= 0.6 is 0 Å². The van der Waals surface area contributed by atoms with Gasteiger partial charge in [-0.25, -0.2) is 0 Å². The van der Waals surface area contributed by atoms with Crippen LogP contribution in [-0.4, -0.2) is 65.5 Å². The monoisotopic (exact) mass is 428 g/mol. The zero-order valence-electron chi connectivity index (χ0n) is 14.9. The number of hydrogen-bond acceptors (Lipinski definition) is 8. The maximum absolute atomic E-state index is 12.9. The zero-order chi connectivity index (χ0) is 20.5. The molecule has 0 unspecified atom stereocenters. The van der Waals surface area contributed by atoms with Gasteiger partial charge in [0, 0.05) is 19.8 Å². The molecule has 0 bridgehead atoms. The summed E-state index contributed by atoms with van der Waals surface area (Å²) in [5, 5.41) is 0. The van der Waals surface area contributed by atoms with Crippen LogP contribution in [0, 0.1) is 0 Å². The molecular formula is C16H19F3O8S. The molecule has 6 atom stereocenters. The number of methoxy groups -OCH3 is 2. The summed E-state index contributed by atoms with van der Waals surface area (Å²) in [4.78, 5) is 0. The Morgan fingerprint density at radius 2 is 1.71 bits per heavy atom. The van der Waals surface area contributed by atoms with E-state index in [1.165, 1.54) is 14.2 Å². The lowest BCUT2D eigenvalue weighted by Gasteiger charge is -2.47. The molecular weight excluding hydrogens is 409 g/mol. The van der Waals surface area contributed by atoms with E-state index in [0.29, 0.717) is 5.56 Å². The molecule has 0 amide bonds. The first kappa shape index (κ1) is 21.4. The summed E-state index contributed by atoms with van der Waals surface area (Å²) in [7, 11) is -3.51. The molecule has 2 heterocycles. The Hall–Kier alpha value is -1.28. The molecule has 0 aliphatic carbocycles. The summed E-state index contributed by atoms with van der Waals surface area (Å²) in [5.41, 5.74) is -5.01. The summed E-state index contributed by atoms with van der Waals surface area (Å²) in [6.45, 7) is -0.0769. The van der Waals surface area contributed by atoms with E-state index in [2.05, 4.69) is 4.18 Å². The van der Waals surface area contributed by atoms with E-state index in [9.17, 15) is 21.6 Å². The molecule has 2 aliphatic rings. The zero-order valence-corrected chi connectivity index (χ0v) is 15.7. The van der Waals surface area contributed by atoms with Crippen LogP contribution in [0.3, 0.4) is 0 Å². The Balaban J connectivity index is 1.91. The normalized spacial score (nSPS) is 34.0. The second-order valence-corrected chi connectivity index (χ2v) is 7.68. The molecule has 12 heteroatoms. The van der Waals surface area contributed by atoms with Gasteiger partial charge in [0.15, 0.2) is 12.6 Å². The van der Waals surface area contributed by atoms with Crippen molar-refractivity contribution in [3.8, 4) is 0 Å². The molecule has 8 nitrogen and oxygen atoms in total. The standard InChI is InChI=1S/C16H19F3O8S/c1-22-13-12(27-28(20,21)16(17,18)19)11-10(25-15(13)23-2)8-24-14(26-11)9-6-4-3-5-7-9/h3-7,10-15H,8H2,1-2H3/t10-,11+,12+,13-,14+,15-/m1/s1. The quantitative estimate of drug-likeness (QED) is 0.518.